The smallest absolute Gasteiger partial charge is 0.295 e. The number of Topliss-reactive ketones (excluding diaryl/α,β-unsaturated/α-hetero) is 1. The van der Waals surface area contributed by atoms with E-state index in [0.717, 1.165) is 11.1 Å². The molecule has 1 aliphatic heterocycles. The van der Waals surface area contributed by atoms with Gasteiger partial charge in [0, 0.05) is 25.8 Å². The zero-order chi connectivity index (χ0) is 25.0. The van der Waals surface area contributed by atoms with Gasteiger partial charge < -0.3 is 24.2 Å². The zero-order valence-electron chi connectivity index (χ0n) is 20.7. The highest BCUT2D eigenvalue weighted by atomic mass is 16.5. The van der Waals surface area contributed by atoms with Gasteiger partial charge in [0.2, 0.25) is 0 Å². The van der Waals surface area contributed by atoms with E-state index in [4.69, 9.17) is 14.2 Å². The van der Waals surface area contributed by atoms with E-state index in [1.807, 2.05) is 39.0 Å². The second-order valence-electron chi connectivity index (χ2n) is 8.68. The Labute approximate surface area is 200 Å². The topological polar surface area (TPSA) is 85.3 Å². The number of amides is 1. The molecule has 0 radical (unpaired) electrons. The third kappa shape index (κ3) is 4.80. The molecule has 2 aromatic rings. The molecule has 7 nitrogen and oxygen atoms in total. The number of hydrogen-bond acceptors (Lipinski definition) is 6. The summed E-state index contributed by atoms with van der Waals surface area (Å²) < 4.78 is 16.0. The fraction of sp³-hybridized carbons (Fsp3) is 0.407. The van der Waals surface area contributed by atoms with Crippen molar-refractivity contribution in [3.05, 3.63) is 64.2 Å². The second-order valence-corrected chi connectivity index (χ2v) is 8.68. The fourth-order valence-electron chi connectivity index (χ4n) is 4.37. The number of carbonyl (C=O) groups excluding carboxylic acids is 2. The monoisotopic (exact) mass is 467 g/mol. The molecule has 0 bridgehead atoms. The first-order valence-corrected chi connectivity index (χ1v) is 11.3. The predicted molar refractivity (Wildman–Crippen MR) is 130 cm³/mol. The second kappa shape index (κ2) is 10.7. The number of ether oxygens (including phenoxy) is 3. The maximum absolute atomic E-state index is 13.3. The van der Waals surface area contributed by atoms with Crippen LogP contribution in [0, 0.1) is 6.92 Å². The normalized spacial score (nSPS) is 17.5. The summed E-state index contributed by atoms with van der Waals surface area (Å²) in [5, 5.41) is 11.5. The number of likely N-dealkylation sites (tertiary alicyclic amines) is 1. The molecule has 1 N–H and O–H groups in total. The van der Waals surface area contributed by atoms with Crippen LogP contribution in [0.3, 0.4) is 0 Å². The van der Waals surface area contributed by atoms with E-state index in [-0.39, 0.29) is 17.3 Å². The molecule has 0 aromatic heterocycles. The van der Waals surface area contributed by atoms with Crippen molar-refractivity contribution < 1.29 is 28.9 Å². The lowest BCUT2D eigenvalue weighted by Gasteiger charge is -2.26. The Bertz CT molecular complexity index is 1100. The first kappa shape index (κ1) is 25.3. The Morgan fingerprint density at radius 2 is 1.82 bits per heavy atom. The molecular weight excluding hydrogens is 434 g/mol. The van der Waals surface area contributed by atoms with E-state index >= 15 is 0 Å². The van der Waals surface area contributed by atoms with Gasteiger partial charge in [-0.25, -0.2) is 0 Å². The lowest BCUT2D eigenvalue weighted by Crippen LogP contribution is -2.31. The van der Waals surface area contributed by atoms with Crippen LogP contribution >= 0.6 is 0 Å². The van der Waals surface area contributed by atoms with Gasteiger partial charge in [-0.15, -0.1) is 0 Å². The van der Waals surface area contributed by atoms with E-state index in [0.29, 0.717) is 42.2 Å². The van der Waals surface area contributed by atoms with Crippen LogP contribution in [0.5, 0.6) is 11.5 Å². The van der Waals surface area contributed by atoms with Crippen molar-refractivity contribution in [1.29, 1.82) is 0 Å². The molecule has 1 unspecified atom stereocenters. The van der Waals surface area contributed by atoms with Gasteiger partial charge in [0.1, 0.15) is 17.3 Å². The van der Waals surface area contributed by atoms with Crippen LogP contribution in [-0.2, 0) is 14.3 Å². The highest BCUT2D eigenvalue weighted by Gasteiger charge is 2.46. The first-order valence-electron chi connectivity index (χ1n) is 11.3. The molecule has 1 aliphatic rings. The van der Waals surface area contributed by atoms with Crippen molar-refractivity contribution >= 4 is 17.4 Å². The van der Waals surface area contributed by atoms with Crippen LogP contribution in [0.25, 0.3) is 5.76 Å². The minimum absolute atomic E-state index is 0.0682. The standard InChI is InChI=1S/C27H33NO6/c1-16(2)20-15-21(17(3)13-22(20)34-6)25(29)23-24(18-9-7-10-19(14-18)33-5)28(11-8-12-32-4)27(31)26(23)30/h7,9-10,13-16,24,29H,8,11-12H2,1-6H3/b25-23+. The van der Waals surface area contributed by atoms with Crippen LogP contribution in [0.1, 0.15) is 54.5 Å². The maximum atomic E-state index is 13.3. The maximum Gasteiger partial charge on any atom is 0.295 e. The quantitative estimate of drug-likeness (QED) is 0.251. The van der Waals surface area contributed by atoms with E-state index in [2.05, 4.69) is 0 Å². The van der Waals surface area contributed by atoms with Crippen molar-refractivity contribution in [3.63, 3.8) is 0 Å². The van der Waals surface area contributed by atoms with Crippen molar-refractivity contribution in [2.45, 2.75) is 39.2 Å². The van der Waals surface area contributed by atoms with Gasteiger partial charge in [-0.2, -0.15) is 0 Å². The lowest BCUT2D eigenvalue weighted by molar-refractivity contribution is -0.140. The minimum atomic E-state index is -0.740. The van der Waals surface area contributed by atoms with Gasteiger partial charge in [-0.05, 0) is 60.2 Å². The third-order valence-corrected chi connectivity index (χ3v) is 6.15. The molecule has 34 heavy (non-hydrogen) atoms. The summed E-state index contributed by atoms with van der Waals surface area (Å²) in [6.07, 6.45) is 0.559. The zero-order valence-corrected chi connectivity index (χ0v) is 20.7. The molecule has 7 heteroatoms. The number of nitrogens with zero attached hydrogens (tertiary/aromatic N) is 1. The van der Waals surface area contributed by atoms with Gasteiger partial charge in [-0.1, -0.05) is 26.0 Å². The third-order valence-electron chi connectivity index (χ3n) is 6.15. The van der Waals surface area contributed by atoms with E-state index in [1.54, 1.807) is 39.5 Å². The summed E-state index contributed by atoms with van der Waals surface area (Å²) in [7, 11) is 4.75. The lowest BCUT2D eigenvalue weighted by atomic mass is 9.91. The Morgan fingerprint density at radius 3 is 2.44 bits per heavy atom. The Morgan fingerprint density at radius 1 is 1.09 bits per heavy atom. The molecule has 1 saturated heterocycles. The van der Waals surface area contributed by atoms with Gasteiger partial charge in [0.15, 0.2) is 0 Å². The van der Waals surface area contributed by atoms with Gasteiger partial charge >= 0.3 is 0 Å². The molecule has 0 aliphatic carbocycles. The number of aryl methyl sites for hydroxylation is 1. The highest BCUT2D eigenvalue weighted by Crippen LogP contribution is 2.42. The van der Waals surface area contributed by atoms with Crippen LogP contribution in [-0.4, -0.2) is 56.2 Å². The average Bonchev–Trinajstić information content (AvgIpc) is 3.08. The molecule has 1 atom stereocenters. The molecule has 182 valence electrons. The van der Waals surface area contributed by atoms with Crippen molar-refractivity contribution in [2.75, 3.05) is 34.5 Å². The number of ketones is 1. The summed E-state index contributed by atoms with van der Waals surface area (Å²) in [6, 6.07) is 10.2. The number of carbonyl (C=O) groups is 2. The number of aliphatic hydroxyl groups is 1. The largest absolute Gasteiger partial charge is 0.507 e. The van der Waals surface area contributed by atoms with Crippen LogP contribution < -0.4 is 9.47 Å². The molecule has 1 amide bonds. The van der Waals surface area contributed by atoms with Gasteiger partial charge in [0.05, 0.1) is 25.8 Å². The van der Waals surface area contributed by atoms with Crippen molar-refractivity contribution in [2.24, 2.45) is 0 Å². The summed E-state index contributed by atoms with van der Waals surface area (Å²) in [5.74, 6) is -0.0870. The van der Waals surface area contributed by atoms with Crippen LogP contribution in [0.15, 0.2) is 42.0 Å². The number of hydrogen-bond donors (Lipinski definition) is 1. The SMILES string of the molecule is COCCCN1C(=O)C(=O)/C(=C(/O)c2cc(C(C)C)c(OC)cc2C)C1c1cccc(OC)c1. The summed E-state index contributed by atoms with van der Waals surface area (Å²) in [6.45, 7) is 6.67. The molecule has 0 saturated carbocycles. The number of aliphatic hydroxyl groups excluding tert-OH is 1. The average molecular weight is 468 g/mol. The molecule has 2 aromatic carbocycles. The van der Waals surface area contributed by atoms with Crippen LogP contribution in [0.2, 0.25) is 0 Å². The molecule has 3 rings (SSSR count). The highest BCUT2D eigenvalue weighted by molar-refractivity contribution is 6.46. The summed E-state index contributed by atoms with van der Waals surface area (Å²) in [4.78, 5) is 27.8. The van der Waals surface area contributed by atoms with Crippen molar-refractivity contribution in [3.8, 4) is 11.5 Å². The van der Waals surface area contributed by atoms with Crippen molar-refractivity contribution in [1.82, 2.24) is 4.90 Å². The summed E-state index contributed by atoms with van der Waals surface area (Å²) in [5.41, 5.74) is 2.91. The Kier molecular flexibility index (Phi) is 7.99. The number of methoxy groups -OCH3 is 3. The van der Waals surface area contributed by atoms with E-state index < -0.39 is 17.7 Å². The summed E-state index contributed by atoms with van der Waals surface area (Å²) >= 11 is 0. The Balaban J connectivity index is 2.23. The number of rotatable bonds is 9. The molecular formula is C27H33NO6. The van der Waals surface area contributed by atoms with Crippen LogP contribution in [0.4, 0.5) is 0 Å². The minimum Gasteiger partial charge on any atom is -0.507 e. The molecule has 1 fully saturated rings. The first-order chi connectivity index (χ1) is 16.2. The molecule has 0 spiro atoms. The van der Waals surface area contributed by atoms with E-state index in [1.165, 1.54) is 4.90 Å². The molecule has 1 heterocycles. The van der Waals surface area contributed by atoms with Gasteiger partial charge in [-0.3, -0.25) is 9.59 Å². The van der Waals surface area contributed by atoms with Gasteiger partial charge in [0.25, 0.3) is 11.7 Å². The number of benzene rings is 2. The Hall–Kier alpha value is -3.32. The van der Waals surface area contributed by atoms with E-state index in [9.17, 15) is 14.7 Å². The predicted octanol–water partition coefficient (Wildman–Crippen LogP) is 4.59. The fourth-order valence-corrected chi connectivity index (χ4v) is 4.37.